The quantitative estimate of drug-likeness (QED) is 0.692. The molecule has 0 bridgehead atoms. The van der Waals surface area contributed by atoms with Crippen LogP contribution in [0.4, 0.5) is 11.6 Å². The van der Waals surface area contributed by atoms with Gasteiger partial charge in [-0.25, -0.2) is 9.97 Å². The number of methoxy groups -OCH3 is 1. The first-order valence-electron chi connectivity index (χ1n) is 7.49. The molecule has 0 spiro atoms. The fourth-order valence-corrected chi connectivity index (χ4v) is 1.56. The van der Waals surface area contributed by atoms with Crippen LogP contribution in [0.3, 0.4) is 0 Å². The lowest BCUT2D eigenvalue weighted by Crippen LogP contribution is -2.32. The number of nitrogens with zero attached hydrogens (tertiary/aromatic N) is 2. The van der Waals surface area contributed by atoms with E-state index in [2.05, 4.69) is 27.5 Å². The number of anilines is 2. The summed E-state index contributed by atoms with van der Waals surface area (Å²) in [5.41, 5.74) is -0.248. The summed E-state index contributed by atoms with van der Waals surface area (Å²) in [6.07, 6.45) is 1.05. The summed E-state index contributed by atoms with van der Waals surface area (Å²) < 4.78 is 10.8. The smallest absolute Gasteiger partial charge is 0.158 e. The van der Waals surface area contributed by atoms with E-state index in [-0.39, 0.29) is 5.60 Å². The predicted molar refractivity (Wildman–Crippen MR) is 85.7 cm³/mol. The highest BCUT2D eigenvalue weighted by atomic mass is 16.5. The van der Waals surface area contributed by atoms with Crippen LogP contribution >= 0.6 is 0 Å². The van der Waals surface area contributed by atoms with Gasteiger partial charge in [0.05, 0.1) is 5.60 Å². The van der Waals surface area contributed by atoms with Gasteiger partial charge in [0.1, 0.15) is 18.2 Å². The Balaban J connectivity index is 2.79. The molecule has 0 aliphatic heterocycles. The third-order valence-electron chi connectivity index (χ3n) is 3.01. The van der Waals surface area contributed by atoms with E-state index >= 15 is 0 Å². The molecule has 1 aromatic heterocycles. The Morgan fingerprint density at radius 3 is 2.38 bits per heavy atom. The molecule has 1 aromatic rings. The van der Waals surface area contributed by atoms with Crippen molar-refractivity contribution in [3.63, 3.8) is 0 Å². The summed E-state index contributed by atoms with van der Waals surface area (Å²) in [4.78, 5) is 8.93. The Morgan fingerprint density at radius 2 is 1.81 bits per heavy atom. The van der Waals surface area contributed by atoms with Crippen molar-refractivity contribution in [1.82, 2.24) is 9.97 Å². The summed E-state index contributed by atoms with van der Waals surface area (Å²) in [6.45, 7) is 10.7. The number of nitrogens with one attached hydrogen (secondary N) is 2. The SMILES string of the molecule is CCCNc1cc(NCC(C)(C)OC)nc(COCC)n1. The van der Waals surface area contributed by atoms with Gasteiger partial charge < -0.3 is 20.1 Å². The van der Waals surface area contributed by atoms with Crippen molar-refractivity contribution in [3.05, 3.63) is 11.9 Å². The maximum atomic E-state index is 5.40. The largest absolute Gasteiger partial charge is 0.377 e. The van der Waals surface area contributed by atoms with Gasteiger partial charge in [-0.2, -0.15) is 0 Å². The van der Waals surface area contributed by atoms with Crippen molar-refractivity contribution in [3.8, 4) is 0 Å². The minimum absolute atomic E-state index is 0.248. The number of ether oxygens (including phenoxy) is 2. The Morgan fingerprint density at radius 1 is 1.14 bits per heavy atom. The summed E-state index contributed by atoms with van der Waals surface area (Å²) >= 11 is 0. The van der Waals surface area contributed by atoms with Crippen LogP contribution in [0, 0.1) is 0 Å². The Hall–Kier alpha value is -1.40. The molecule has 120 valence electrons. The number of aromatic nitrogens is 2. The van der Waals surface area contributed by atoms with Crippen LogP contribution in [0.15, 0.2) is 6.07 Å². The third kappa shape index (κ3) is 6.73. The van der Waals surface area contributed by atoms with Gasteiger partial charge in [0.2, 0.25) is 0 Å². The van der Waals surface area contributed by atoms with Crippen LogP contribution in [-0.2, 0) is 16.1 Å². The Kier molecular flexibility index (Phi) is 7.39. The average molecular weight is 296 g/mol. The fraction of sp³-hybridized carbons (Fsp3) is 0.733. The highest BCUT2D eigenvalue weighted by molar-refractivity contribution is 5.47. The van der Waals surface area contributed by atoms with Crippen LogP contribution in [0.25, 0.3) is 0 Å². The average Bonchev–Trinajstić information content (AvgIpc) is 2.49. The standard InChI is InChI=1S/C15H28N4O2/c1-6-8-16-12-9-13(17-11-15(3,4)20-5)19-14(18-12)10-21-7-2/h9H,6-8,10-11H2,1-5H3,(H2,16,17,18,19). The van der Waals surface area contributed by atoms with Gasteiger partial charge >= 0.3 is 0 Å². The van der Waals surface area contributed by atoms with Crippen molar-refractivity contribution in [2.45, 2.75) is 46.3 Å². The lowest BCUT2D eigenvalue weighted by atomic mass is 10.1. The molecule has 0 atom stereocenters. The van der Waals surface area contributed by atoms with E-state index in [1.165, 1.54) is 0 Å². The molecule has 6 heteroatoms. The number of hydrogen-bond donors (Lipinski definition) is 2. The molecular weight excluding hydrogens is 268 g/mol. The van der Waals surface area contributed by atoms with E-state index < -0.39 is 0 Å². The van der Waals surface area contributed by atoms with Gasteiger partial charge in [-0.05, 0) is 27.2 Å². The van der Waals surface area contributed by atoms with Crippen molar-refractivity contribution >= 4 is 11.6 Å². The molecule has 0 amide bonds. The van der Waals surface area contributed by atoms with Gasteiger partial charge in [-0.3, -0.25) is 0 Å². The van der Waals surface area contributed by atoms with Crippen LogP contribution in [0.1, 0.15) is 39.9 Å². The molecule has 0 fully saturated rings. The monoisotopic (exact) mass is 296 g/mol. The topological polar surface area (TPSA) is 68.3 Å². The molecule has 21 heavy (non-hydrogen) atoms. The maximum absolute atomic E-state index is 5.40. The molecule has 1 heterocycles. The summed E-state index contributed by atoms with van der Waals surface area (Å²) in [6, 6.07) is 1.91. The summed E-state index contributed by atoms with van der Waals surface area (Å²) in [5, 5.41) is 6.58. The van der Waals surface area contributed by atoms with Crippen LogP contribution in [-0.4, -0.2) is 42.4 Å². The zero-order chi connectivity index (χ0) is 15.7. The van der Waals surface area contributed by atoms with E-state index in [4.69, 9.17) is 9.47 Å². The number of rotatable bonds is 10. The Bertz CT molecular complexity index is 398. The molecule has 0 unspecified atom stereocenters. The molecule has 0 radical (unpaired) electrons. The van der Waals surface area contributed by atoms with Gasteiger partial charge in [0.15, 0.2) is 5.82 Å². The molecule has 0 aliphatic carbocycles. The predicted octanol–water partition coefficient (Wildman–Crippen LogP) is 2.67. The van der Waals surface area contributed by atoms with Crippen LogP contribution < -0.4 is 10.6 Å². The molecular formula is C15H28N4O2. The van der Waals surface area contributed by atoms with E-state index in [0.29, 0.717) is 25.6 Å². The summed E-state index contributed by atoms with van der Waals surface area (Å²) in [5.74, 6) is 2.28. The molecule has 0 aliphatic rings. The zero-order valence-corrected chi connectivity index (χ0v) is 13.8. The van der Waals surface area contributed by atoms with Gasteiger partial charge in [0.25, 0.3) is 0 Å². The molecule has 0 aromatic carbocycles. The molecule has 2 N–H and O–H groups in total. The van der Waals surface area contributed by atoms with Crippen LogP contribution in [0.5, 0.6) is 0 Å². The van der Waals surface area contributed by atoms with Crippen molar-refractivity contribution in [2.24, 2.45) is 0 Å². The minimum Gasteiger partial charge on any atom is -0.377 e. The van der Waals surface area contributed by atoms with Gasteiger partial charge in [-0.15, -0.1) is 0 Å². The summed E-state index contributed by atoms with van der Waals surface area (Å²) in [7, 11) is 1.70. The van der Waals surface area contributed by atoms with Crippen molar-refractivity contribution < 1.29 is 9.47 Å². The van der Waals surface area contributed by atoms with Crippen LogP contribution in [0.2, 0.25) is 0 Å². The second kappa shape index (κ2) is 8.79. The van der Waals surface area contributed by atoms with Crippen molar-refractivity contribution in [1.29, 1.82) is 0 Å². The highest BCUT2D eigenvalue weighted by Gasteiger charge is 2.16. The molecule has 1 rings (SSSR count). The van der Waals surface area contributed by atoms with E-state index in [1.54, 1.807) is 7.11 Å². The molecule has 6 nitrogen and oxygen atoms in total. The molecule has 0 saturated carbocycles. The zero-order valence-electron chi connectivity index (χ0n) is 13.8. The lowest BCUT2D eigenvalue weighted by Gasteiger charge is -2.23. The van der Waals surface area contributed by atoms with Crippen molar-refractivity contribution in [2.75, 3.05) is 37.4 Å². The minimum atomic E-state index is -0.248. The second-order valence-electron chi connectivity index (χ2n) is 5.44. The molecule has 0 saturated heterocycles. The number of hydrogen-bond acceptors (Lipinski definition) is 6. The van der Waals surface area contributed by atoms with E-state index in [1.807, 2.05) is 26.8 Å². The second-order valence-corrected chi connectivity index (χ2v) is 5.44. The fourth-order valence-electron chi connectivity index (χ4n) is 1.56. The first-order valence-corrected chi connectivity index (χ1v) is 7.49. The highest BCUT2D eigenvalue weighted by Crippen LogP contribution is 2.15. The maximum Gasteiger partial charge on any atom is 0.158 e. The Labute approximate surface area is 127 Å². The van der Waals surface area contributed by atoms with Gasteiger partial charge in [-0.1, -0.05) is 6.92 Å². The third-order valence-corrected chi connectivity index (χ3v) is 3.01. The van der Waals surface area contributed by atoms with E-state index in [0.717, 1.165) is 24.6 Å². The van der Waals surface area contributed by atoms with E-state index in [9.17, 15) is 0 Å². The van der Waals surface area contributed by atoms with Gasteiger partial charge in [0, 0.05) is 32.9 Å². The first-order chi connectivity index (χ1) is 10.0. The normalized spacial score (nSPS) is 11.5. The first kappa shape index (κ1) is 17.7. The lowest BCUT2D eigenvalue weighted by molar-refractivity contribution is 0.0343.